The van der Waals surface area contributed by atoms with Gasteiger partial charge in [-0.1, -0.05) is 48.0 Å². The number of benzene rings is 2. The lowest BCUT2D eigenvalue weighted by Gasteiger charge is -2.18. The molecule has 2 amide bonds. The van der Waals surface area contributed by atoms with Crippen LogP contribution in [0.1, 0.15) is 29.7 Å². The zero-order valence-corrected chi connectivity index (χ0v) is 13.2. The highest BCUT2D eigenvalue weighted by Gasteiger charge is 2.13. The summed E-state index contributed by atoms with van der Waals surface area (Å²) in [7, 11) is 0. The molecule has 3 nitrogen and oxygen atoms in total. The number of amides is 2. The van der Waals surface area contributed by atoms with Gasteiger partial charge in [-0.3, -0.25) is 0 Å². The largest absolute Gasteiger partial charge is 0.331 e. The summed E-state index contributed by atoms with van der Waals surface area (Å²) < 4.78 is 0. The molecule has 1 unspecified atom stereocenters. The Kier molecular flexibility index (Phi) is 4.86. The molecule has 2 aromatic rings. The first-order valence-electron chi connectivity index (χ1n) is 6.87. The number of para-hydroxylation sites is 1. The van der Waals surface area contributed by atoms with Crippen LogP contribution in [0, 0.1) is 13.8 Å². The number of hydrogen-bond donors (Lipinski definition) is 2. The molecule has 0 fully saturated rings. The molecular weight excluding hydrogens is 284 g/mol. The Labute approximate surface area is 130 Å². The van der Waals surface area contributed by atoms with E-state index in [2.05, 4.69) is 10.6 Å². The van der Waals surface area contributed by atoms with Crippen LogP contribution in [0.15, 0.2) is 42.5 Å². The molecule has 0 aliphatic heterocycles. The minimum atomic E-state index is -0.236. The van der Waals surface area contributed by atoms with E-state index in [9.17, 15) is 4.79 Å². The van der Waals surface area contributed by atoms with Crippen LogP contribution in [0.2, 0.25) is 5.02 Å². The van der Waals surface area contributed by atoms with Gasteiger partial charge in [-0.2, -0.15) is 0 Å². The van der Waals surface area contributed by atoms with Crippen molar-refractivity contribution in [2.75, 3.05) is 5.32 Å². The number of carbonyl (C=O) groups excluding carboxylic acids is 1. The molecular formula is C17H19ClN2O. The number of halogens is 1. The molecule has 0 spiro atoms. The minimum Gasteiger partial charge on any atom is -0.331 e. The van der Waals surface area contributed by atoms with Crippen LogP contribution in [0.4, 0.5) is 10.5 Å². The van der Waals surface area contributed by atoms with Gasteiger partial charge in [0.15, 0.2) is 0 Å². The van der Waals surface area contributed by atoms with Gasteiger partial charge in [0, 0.05) is 10.7 Å². The maximum atomic E-state index is 12.1. The summed E-state index contributed by atoms with van der Waals surface area (Å²) in [5, 5.41) is 6.46. The fourth-order valence-electron chi connectivity index (χ4n) is 2.26. The predicted molar refractivity (Wildman–Crippen MR) is 87.9 cm³/mol. The van der Waals surface area contributed by atoms with Crippen molar-refractivity contribution in [3.63, 3.8) is 0 Å². The molecule has 0 saturated heterocycles. The normalized spacial score (nSPS) is 11.8. The van der Waals surface area contributed by atoms with Crippen molar-refractivity contribution in [1.82, 2.24) is 5.32 Å². The molecule has 0 radical (unpaired) electrons. The first-order valence-corrected chi connectivity index (χ1v) is 7.25. The molecule has 2 aromatic carbocycles. The summed E-state index contributed by atoms with van der Waals surface area (Å²) >= 11 is 6.14. The number of hydrogen-bond acceptors (Lipinski definition) is 1. The van der Waals surface area contributed by atoms with Gasteiger partial charge in [-0.05, 0) is 43.5 Å². The number of carbonyl (C=O) groups is 1. The van der Waals surface area contributed by atoms with Gasteiger partial charge in [0.05, 0.1) is 6.04 Å². The Bertz CT molecular complexity index is 635. The highest BCUT2D eigenvalue weighted by Crippen LogP contribution is 2.23. The van der Waals surface area contributed by atoms with Crippen molar-refractivity contribution in [3.8, 4) is 0 Å². The lowest BCUT2D eigenvalue weighted by molar-refractivity contribution is 0.249. The van der Waals surface area contributed by atoms with E-state index in [-0.39, 0.29) is 12.1 Å². The third-order valence-electron chi connectivity index (χ3n) is 3.44. The zero-order valence-electron chi connectivity index (χ0n) is 12.4. The maximum Gasteiger partial charge on any atom is 0.319 e. The van der Waals surface area contributed by atoms with E-state index >= 15 is 0 Å². The van der Waals surface area contributed by atoms with Crippen LogP contribution < -0.4 is 10.6 Å². The van der Waals surface area contributed by atoms with Gasteiger partial charge in [0.25, 0.3) is 0 Å². The Hall–Kier alpha value is -2.00. The summed E-state index contributed by atoms with van der Waals surface area (Å²) in [4.78, 5) is 12.1. The molecule has 21 heavy (non-hydrogen) atoms. The Morgan fingerprint density at radius 1 is 1.05 bits per heavy atom. The fourth-order valence-corrected chi connectivity index (χ4v) is 2.56. The monoisotopic (exact) mass is 302 g/mol. The van der Waals surface area contributed by atoms with Gasteiger partial charge in [-0.25, -0.2) is 4.79 Å². The molecule has 110 valence electrons. The number of rotatable bonds is 3. The van der Waals surface area contributed by atoms with Crippen molar-refractivity contribution in [1.29, 1.82) is 0 Å². The second-order valence-corrected chi connectivity index (χ2v) is 5.52. The van der Waals surface area contributed by atoms with Crippen molar-refractivity contribution >= 4 is 23.3 Å². The summed E-state index contributed by atoms with van der Waals surface area (Å²) in [5.74, 6) is 0. The standard InChI is InChI=1S/C17H19ClN2O/c1-11-7-6-8-12(2)16(11)20-17(21)19-13(3)14-9-4-5-10-15(14)18/h4-10,13H,1-3H3,(H2,19,20,21). The summed E-state index contributed by atoms with van der Waals surface area (Å²) in [6.45, 7) is 5.85. The molecule has 0 aliphatic carbocycles. The number of anilines is 1. The summed E-state index contributed by atoms with van der Waals surface area (Å²) in [5.41, 5.74) is 3.82. The topological polar surface area (TPSA) is 41.1 Å². The van der Waals surface area contributed by atoms with Gasteiger partial charge in [0.1, 0.15) is 0 Å². The van der Waals surface area contributed by atoms with Gasteiger partial charge < -0.3 is 10.6 Å². The van der Waals surface area contributed by atoms with Crippen LogP contribution in [-0.4, -0.2) is 6.03 Å². The number of aryl methyl sites for hydroxylation is 2. The molecule has 0 heterocycles. The quantitative estimate of drug-likeness (QED) is 0.837. The van der Waals surface area contributed by atoms with Crippen molar-refractivity contribution < 1.29 is 4.79 Å². The fraction of sp³-hybridized carbons (Fsp3) is 0.235. The molecule has 1 atom stereocenters. The highest BCUT2D eigenvalue weighted by atomic mass is 35.5. The second-order valence-electron chi connectivity index (χ2n) is 5.11. The minimum absolute atomic E-state index is 0.164. The summed E-state index contributed by atoms with van der Waals surface area (Å²) in [6, 6.07) is 13.0. The van der Waals surface area contributed by atoms with E-state index < -0.39 is 0 Å². The molecule has 4 heteroatoms. The smallest absolute Gasteiger partial charge is 0.319 e. The Morgan fingerprint density at radius 2 is 1.67 bits per heavy atom. The van der Waals surface area contributed by atoms with Crippen LogP contribution in [-0.2, 0) is 0 Å². The van der Waals surface area contributed by atoms with E-state index in [4.69, 9.17) is 11.6 Å². The first kappa shape index (κ1) is 15.4. The highest BCUT2D eigenvalue weighted by molar-refractivity contribution is 6.31. The lowest BCUT2D eigenvalue weighted by Crippen LogP contribution is -2.31. The molecule has 0 aliphatic rings. The van der Waals surface area contributed by atoms with E-state index in [1.165, 1.54) is 0 Å². The molecule has 0 saturated carbocycles. The van der Waals surface area contributed by atoms with Crippen LogP contribution >= 0.6 is 11.6 Å². The maximum absolute atomic E-state index is 12.1. The molecule has 2 N–H and O–H groups in total. The van der Waals surface area contributed by atoms with E-state index in [1.807, 2.05) is 63.2 Å². The van der Waals surface area contributed by atoms with Gasteiger partial charge in [0.2, 0.25) is 0 Å². The SMILES string of the molecule is Cc1cccc(C)c1NC(=O)NC(C)c1ccccc1Cl. The third-order valence-corrected chi connectivity index (χ3v) is 3.78. The van der Waals surface area contributed by atoms with Crippen molar-refractivity contribution in [3.05, 3.63) is 64.2 Å². The van der Waals surface area contributed by atoms with Crippen molar-refractivity contribution in [2.24, 2.45) is 0 Å². The average Bonchev–Trinajstić information content (AvgIpc) is 2.43. The Balaban J connectivity index is 2.07. The van der Waals surface area contributed by atoms with Crippen LogP contribution in [0.25, 0.3) is 0 Å². The van der Waals surface area contributed by atoms with Crippen LogP contribution in [0.5, 0.6) is 0 Å². The zero-order chi connectivity index (χ0) is 15.4. The Morgan fingerprint density at radius 3 is 2.29 bits per heavy atom. The predicted octanol–water partition coefficient (Wildman–Crippen LogP) is 4.84. The number of urea groups is 1. The third kappa shape index (κ3) is 3.76. The van der Waals surface area contributed by atoms with Crippen LogP contribution in [0.3, 0.4) is 0 Å². The summed E-state index contributed by atoms with van der Waals surface area (Å²) in [6.07, 6.45) is 0. The van der Waals surface area contributed by atoms with Gasteiger partial charge in [-0.15, -0.1) is 0 Å². The first-order chi connectivity index (χ1) is 9.99. The number of nitrogens with one attached hydrogen (secondary N) is 2. The lowest BCUT2D eigenvalue weighted by atomic mass is 10.1. The van der Waals surface area contributed by atoms with E-state index in [0.717, 1.165) is 22.4 Å². The second kappa shape index (κ2) is 6.64. The molecule has 2 rings (SSSR count). The molecule has 0 aromatic heterocycles. The van der Waals surface area contributed by atoms with Gasteiger partial charge >= 0.3 is 6.03 Å². The van der Waals surface area contributed by atoms with Crippen molar-refractivity contribution in [2.45, 2.75) is 26.8 Å². The van der Waals surface area contributed by atoms with E-state index in [0.29, 0.717) is 5.02 Å². The van der Waals surface area contributed by atoms with E-state index in [1.54, 1.807) is 0 Å². The molecule has 0 bridgehead atoms. The average molecular weight is 303 g/mol.